The smallest absolute Gasteiger partial charge is 0.126 e. The van der Waals surface area contributed by atoms with Crippen molar-refractivity contribution in [3.8, 4) is 0 Å². The molecule has 19 heavy (non-hydrogen) atoms. The maximum Gasteiger partial charge on any atom is 0.126 e. The number of benzene rings is 1. The van der Waals surface area contributed by atoms with E-state index in [-0.39, 0.29) is 18.5 Å². The molecule has 2 N–H and O–H groups in total. The van der Waals surface area contributed by atoms with Crippen molar-refractivity contribution >= 4 is 0 Å². The molecule has 1 aliphatic rings. The van der Waals surface area contributed by atoms with Gasteiger partial charge in [-0.2, -0.15) is 0 Å². The van der Waals surface area contributed by atoms with E-state index in [0.29, 0.717) is 5.56 Å². The van der Waals surface area contributed by atoms with E-state index < -0.39 is 0 Å². The Labute approximate surface area is 114 Å². The molecule has 0 bridgehead atoms. The lowest BCUT2D eigenvalue weighted by atomic mass is 9.98. The third-order valence-corrected chi connectivity index (χ3v) is 3.81. The summed E-state index contributed by atoms with van der Waals surface area (Å²) in [6, 6.07) is 5.73. The van der Waals surface area contributed by atoms with Gasteiger partial charge in [0.15, 0.2) is 0 Å². The SMILES string of the molecule is Cc1ccc([C@H](CCCO)N2CCNCC2)cc1F. The number of piperazine rings is 1. The fraction of sp³-hybridized carbons (Fsp3) is 0.600. The van der Waals surface area contributed by atoms with Crippen molar-refractivity contribution in [2.75, 3.05) is 32.8 Å². The Balaban J connectivity index is 2.17. The molecule has 0 amide bonds. The number of aryl methyl sites for hydroxylation is 1. The average molecular weight is 266 g/mol. The van der Waals surface area contributed by atoms with Gasteiger partial charge in [0.1, 0.15) is 5.82 Å². The number of halogens is 1. The molecule has 3 nitrogen and oxygen atoms in total. The zero-order valence-electron chi connectivity index (χ0n) is 11.5. The van der Waals surface area contributed by atoms with Gasteiger partial charge in [-0.1, -0.05) is 12.1 Å². The van der Waals surface area contributed by atoms with Crippen molar-refractivity contribution in [2.24, 2.45) is 0 Å². The van der Waals surface area contributed by atoms with Crippen LogP contribution in [0.1, 0.15) is 30.0 Å². The van der Waals surface area contributed by atoms with Crippen LogP contribution in [0.25, 0.3) is 0 Å². The lowest BCUT2D eigenvalue weighted by Gasteiger charge is -2.35. The van der Waals surface area contributed by atoms with Gasteiger partial charge in [-0.3, -0.25) is 4.90 Å². The Morgan fingerprint density at radius 3 is 2.74 bits per heavy atom. The van der Waals surface area contributed by atoms with Crippen LogP contribution in [0, 0.1) is 12.7 Å². The quantitative estimate of drug-likeness (QED) is 0.854. The second-order valence-corrected chi connectivity index (χ2v) is 5.18. The van der Waals surface area contributed by atoms with Crippen LogP contribution in [-0.4, -0.2) is 42.8 Å². The van der Waals surface area contributed by atoms with Crippen LogP contribution in [0.3, 0.4) is 0 Å². The van der Waals surface area contributed by atoms with Gasteiger partial charge in [0.2, 0.25) is 0 Å². The molecular formula is C15H23FN2O. The first-order valence-electron chi connectivity index (χ1n) is 7.04. The minimum atomic E-state index is -0.137. The first-order valence-corrected chi connectivity index (χ1v) is 7.04. The van der Waals surface area contributed by atoms with Gasteiger partial charge in [-0.15, -0.1) is 0 Å². The number of hydrogen-bond acceptors (Lipinski definition) is 3. The lowest BCUT2D eigenvalue weighted by molar-refractivity contribution is 0.154. The minimum absolute atomic E-state index is 0.137. The standard InChI is InChI=1S/C15H23FN2O/c1-12-4-5-13(11-14(12)16)15(3-2-10-19)18-8-6-17-7-9-18/h4-5,11,15,17,19H,2-3,6-10H2,1H3/t15-/m0/s1. The highest BCUT2D eigenvalue weighted by Gasteiger charge is 2.22. The summed E-state index contributed by atoms with van der Waals surface area (Å²) in [5, 5.41) is 12.4. The number of nitrogens with zero attached hydrogens (tertiary/aromatic N) is 1. The summed E-state index contributed by atoms with van der Waals surface area (Å²) in [5.74, 6) is -0.137. The van der Waals surface area contributed by atoms with E-state index in [1.54, 1.807) is 13.0 Å². The van der Waals surface area contributed by atoms with Crippen molar-refractivity contribution < 1.29 is 9.50 Å². The zero-order valence-corrected chi connectivity index (χ0v) is 11.5. The normalized spacial score (nSPS) is 18.5. The van der Waals surface area contributed by atoms with Crippen LogP contribution in [0.4, 0.5) is 4.39 Å². The predicted octanol–water partition coefficient (Wildman–Crippen LogP) is 1.85. The third kappa shape index (κ3) is 3.75. The van der Waals surface area contributed by atoms with Crippen LogP contribution in [0.15, 0.2) is 18.2 Å². The van der Waals surface area contributed by atoms with Gasteiger partial charge in [-0.25, -0.2) is 4.39 Å². The van der Waals surface area contributed by atoms with Gasteiger partial charge >= 0.3 is 0 Å². The molecular weight excluding hydrogens is 243 g/mol. The van der Waals surface area contributed by atoms with Gasteiger partial charge in [-0.05, 0) is 37.0 Å². The molecule has 1 aliphatic heterocycles. The molecule has 1 aromatic rings. The maximum absolute atomic E-state index is 13.7. The van der Waals surface area contributed by atoms with E-state index in [4.69, 9.17) is 5.11 Å². The topological polar surface area (TPSA) is 35.5 Å². The molecule has 1 fully saturated rings. The summed E-state index contributed by atoms with van der Waals surface area (Å²) in [7, 11) is 0. The number of nitrogens with one attached hydrogen (secondary N) is 1. The van der Waals surface area contributed by atoms with Crippen molar-refractivity contribution in [1.82, 2.24) is 10.2 Å². The summed E-state index contributed by atoms with van der Waals surface area (Å²) < 4.78 is 13.7. The largest absolute Gasteiger partial charge is 0.396 e. The Morgan fingerprint density at radius 1 is 1.37 bits per heavy atom. The van der Waals surface area contributed by atoms with Gasteiger partial charge in [0, 0.05) is 38.8 Å². The zero-order chi connectivity index (χ0) is 13.7. The van der Waals surface area contributed by atoms with Gasteiger partial charge in [0.25, 0.3) is 0 Å². The molecule has 0 aromatic heterocycles. The molecule has 1 saturated heterocycles. The van der Waals surface area contributed by atoms with Crippen molar-refractivity contribution in [3.63, 3.8) is 0 Å². The predicted molar refractivity (Wildman–Crippen MR) is 74.6 cm³/mol. The highest BCUT2D eigenvalue weighted by molar-refractivity contribution is 5.26. The third-order valence-electron chi connectivity index (χ3n) is 3.81. The molecule has 0 spiro atoms. The fourth-order valence-corrected chi connectivity index (χ4v) is 2.65. The maximum atomic E-state index is 13.7. The molecule has 0 aliphatic carbocycles. The van der Waals surface area contributed by atoms with Crippen LogP contribution in [0.5, 0.6) is 0 Å². The molecule has 1 atom stereocenters. The minimum Gasteiger partial charge on any atom is -0.396 e. The summed E-state index contributed by atoms with van der Waals surface area (Å²) in [5.41, 5.74) is 1.71. The second-order valence-electron chi connectivity index (χ2n) is 5.18. The van der Waals surface area contributed by atoms with E-state index in [9.17, 15) is 4.39 Å². The van der Waals surface area contributed by atoms with Crippen LogP contribution < -0.4 is 5.32 Å². The van der Waals surface area contributed by atoms with Gasteiger partial charge < -0.3 is 10.4 Å². The molecule has 1 aromatic carbocycles. The Morgan fingerprint density at radius 2 is 2.11 bits per heavy atom. The Bertz CT molecular complexity index is 405. The summed E-state index contributed by atoms with van der Waals surface area (Å²) in [6.45, 7) is 5.88. The van der Waals surface area contributed by atoms with E-state index in [2.05, 4.69) is 10.2 Å². The molecule has 0 saturated carbocycles. The molecule has 2 rings (SSSR count). The van der Waals surface area contributed by atoms with Crippen molar-refractivity contribution in [1.29, 1.82) is 0 Å². The highest BCUT2D eigenvalue weighted by Crippen LogP contribution is 2.27. The van der Waals surface area contributed by atoms with E-state index in [1.807, 2.05) is 12.1 Å². The van der Waals surface area contributed by atoms with E-state index in [0.717, 1.165) is 44.6 Å². The Hall–Kier alpha value is -0.970. The molecule has 0 radical (unpaired) electrons. The van der Waals surface area contributed by atoms with Crippen LogP contribution >= 0.6 is 0 Å². The summed E-state index contributed by atoms with van der Waals surface area (Å²) in [6.07, 6.45) is 1.63. The van der Waals surface area contributed by atoms with E-state index in [1.165, 1.54) is 0 Å². The average Bonchev–Trinajstić information content (AvgIpc) is 2.44. The first-order chi connectivity index (χ1) is 9.22. The fourth-order valence-electron chi connectivity index (χ4n) is 2.65. The summed E-state index contributed by atoms with van der Waals surface area (Å²) >= 11 is 0. The first kappa shape index (κ1) is 14.4. The number of aliphatic hydroxyl groups is 1. The number of rotatable bonds is 5. The highest BCUT2D eigenvalue weighted by atomic mass is 19.1. The van der Waals surface area contributed by atoms with Crippen molar-refractivity contribution in [3.05, 3.63) is 35.1 Å². The van der Waals surface area contributed by atoms with Gasteiger partial charge in [0.05, 0.1) is 0 Å². The molecule has 1 heterocycles. The molecule has 106 valence electrons. The van der Waals surface area contributed by atoms with Crippen LogP contribution in [0.2, 0.25) is 0 Å². The lowest BCUT2D eigenvalue weighted by Crippen LogP contribution is -2.45. The monoisotopic (exact) mass is 266 g/mol. The number of aliphatic hydroxyl groups excluding tert-OH is 1. The van der Waals surface area contributed by atoms with Crippen LogP contribution in [-0.2, 0) is 0 Å². The Kier molecular flexibility index (Phi) is 5.31. The van der Waals surface area contributed by atoms with E-state index >= 15 is 0 Å². The molecule has 4 heteroatoms. The summed E-state index contributed by atoms with van der Waals surface area (Å²) in [4.78, 5) is 2.39. The second kappa shape index (κ2) is 6.98. The number of hydrogen-bond donors (Lipinski definition) is 2. The van der Waals surface area contributed by atoms with Crippen molar-refractivity contribution in [2.45, 2.75) is 25.8 Å². The molecule has 0 unspecified atom stereocenters.